The van der Waals surface area contributed by atoms with Gasteiger partial charge in [-0.3, -0.25) is 9.67 Å². The molecule has 5 rings (SSSR count). The van der Waals surface area contributed by atoms with E-state index < -0.39 is 18.6 Å². The molecule has 0 spiro atoms. The fourth-order valence-electron chi connectivity index (χ4n) is 4.36. The standard InChI is InChI=1S/C25H29F2N9O/c1-35-8-5-17(6-9-35)37-18-2-3-21(31-12-18)19-13-32-25(29,10-20(19)28)22-4-7-30-24(34-22)16-11-33-36(14-16)15-23(26)27/h2-4,7,10-14,17,23,32H,5-6,8-9,15,28-29H2,1H3. The number of pyridine rings is 1. The van der Waals surface area contributed by atoms with Crippen LogP contribution in [-0.2, 0) is 12.2 Å². The van der Waals surface area contributed by atoms with Crippen molar-refractivity contribution in [2.45, 2.75) is 37.6 Å². The molecule has 1 atom stereocenters. The Balaban J connectivity index is 1.29. The highest BCUT2D eigenvalue weighted by molar-refractivity contribution is 5.77. The molecule has 0 bridgehead atoms. The second-order valence-electron chi connectivity index (χ2n) is 9.28. The SMILES string of the molecule is CN1CCC(Oc2ccc(C3=CNC(N)(c4ccnc(-c5cnn(CC(F)F)c5)n4)C=C3N)nc2)CC1. The Bertz CT molecular complexity index is 1300. The Morgan fingerprint density at radius 3 is 2.70 bits per heavy atom. The fraction of sp³-hybridized carbons (Fsp3) is 0.360. The number of hydrogen-bond acceptors (Lipinski definition) is 9. The number of likely N-dealkylation sites (tertiary alicyclic amines) is 1. The lowest BCUT2D eigenvalue weighted by Crippen LogP contribution is -2.49. The van der Waals surface area contributed by atoms with Gasteiger partial charge < -0.3 is 26.4 Å². The third-order valence-corrected chi connectivity index (χ3v) is 6.43. The average Bonchev–Trinajstić information content (AvgIpc) is 3.34. The molecule has 2 aliphatic heterocycles. The zero-order valence-electron chi connectivity index (χ0n) is 20.4. The summed E-state index contributed by atoms with van der Waals surface area (Å²) in [5.74, 6) is 1.04. The van der Waals surface area contributed by atoms with Crippen molar-refractivity contribution < 1.29 is 13.5 Å². The molecule has 3 aromatic heterocycles. The highest BCUT2D eigenvalue weighted by atomic mass is 19.3. The molecule has 1 fully saturated rings. The van der Waals surface area contributed by atoms with E-state index in [2.05, 4.69) is 37.3 Å². The Morgan fingerprint density at radius 1 is 1.19 bits per heavy atom. The van der Waals surface area contributed by atoms with Gasteiger partial charge in [-0.15, -0.1) is 0 Å². The van der Waals surface area contributed by atoms with Gasteiger partial charge in [0.15, 0.2) is 11.5 Å². The molecule has 2 aliphatic rings. The summed E-state index contributed by atoms with van der Waals surface area (Å²) in [6.45, 7) is 1.54. The third-order valence-electron chi connectivity index (χ3n) is 6.43. The van der Waals surface area contributed by atoms with Crippen molar-refractivity contribution in [1.29, 1.82) is 0 Å². The lowest BCUT2D eigenvalue weighted by molar-refractivity contribution is 0.114. The van der Waals surface area contributed by atoms with Crippen LogP contribution in [0.2, 0.25) is 0 Å². The minimum Gasteiger partial charge on any atom is -0.489 e. The third kappa shape index (κ3) is 5.59. The second-order valence-corrected chi connectivity index (χ2v) is 9.28. The average molecular weight is 510 g/mol. The van der Waals surface area contributed by atoms with Crippen molar-refractivity contribution >= 4 is 5.57 Å². The van der Waals surface area contributed by atoms with E-state index in [1.807, 2.05) is 12.1 Å². The molecule has 1 saturated heterocycles. The van der Waals surface area contributed by atoms with Gasteiger partial charge >= 0.3 is 0 Å². The van der Waals surface area contributed by atoms with Crippen LogP contribution in [0.4, 0.5) is 8.78 Å². The van der Waals surface area contributed by atoms with E-state index >= 15 is 0 Å². The van der Waals surface area contributed by atoms with Gasteiger partial charge in [0.05, 0.1) is 29.3 Å². The van der Waals surface area contributed by atoms with E-state index in [9.17, 15) is 8.78 Å². The molecular weight excluding hydrogens is 480 g/mol. The molecular formula is C25H29F2N9O. The first-order chi connectivity index (χ1) is 17.8. The Hall–Kier alpha value is -3.90. The Kier molecular flexibility index (Phi) is 6.85. The zero-order chi connectivity index (χ0) is 26.0. The number of rotatable bonds is 7. The smallest absolute Gasteiger partial charge is 0.257 e. The Morgan fingerprint density at radius 2 is 2.00 bits per heavy atom. The van der Waals surface area contributed by atoms with Crippen LogP contribution in [0.15, 0.2) is 61.0 Å². The van der Waals surface area contributed by atoms with Crippen LogP contribution in [0.1, 0.15) is 24.2 Å². The summed E-state index contributed by atoms with van der Waals surface area (Å²) in [5.41, 5.74) is 14.5. The molecule has 37 heavy (non-hydrogen) atoms. The van der Waals surface area contributed by atoms with E-state index in [1.54, 1.807) is 30.7 Å². The van der Waals surface area contributed by atoms with Gasteiger partial charge in [-0.2, -0.15) is 5.10 Å². The molecule has 5 N–H and O–H groups in total. The molecule has 0 amide bonds. The second kappa shape index (κ2) is 10.2. The van der Waals surface area contributed by atoms with E-state index in [4.69, 9.17) is 16.2 Å². The van der Waals surface area contributed by atoms with Crippen LogP contribution >= 0.6 is 0 Å². The number of dihydropyridines is 1. The number of aromatic nitrogens is 5. The van der Waals surface area contributed by atoms with Crippen molar-refractivity contribution in [1.82, 2.24) is 34.9 Å². The first kappa shape index (κ1) is 24.8. The number of nitrogens with two attached hydrogens (primary N) is 2. The molecule has 194 valence electrons. The quantitative estimate of drug-likeness (QED) is 0.438. The number of piperidine rings is 1. The van der Waals surface area contributed by atoms with E-state index in [1.165, 1.54) is 12.4 Å². The normalized spacial score (nSPS) is 20.9. The van der Waals surface area contributed by atoms with Crippen LogP contribution in [0, 0.1) is 0 Å². The van der Waals surface area contributed by atoms with Crippen LogP contribution in [0.5, 0.6) is 5.75 Å². The summed E-state index contributed by atoms with van der Waals surface area (Å²) in [5, 5.41) is 7.10. The number of allylic oxidation sites excluding steroid dienone is 1. The van der Waals surface area contributed by atoms with E-state index in [-0.39, 0.29) is 6.10 Å². The summed E-state index contributed by atoms with van der Waals surface area (Å²) < 4.78 is 32.5. The largest absolute Gasteiger partial charge is 0.489 e. The lowest BCUT2D eigenvalue weighted by Gasteiger charge is -2.31. The molecule has 10 nitrogen and oxygen atoms in total. The summed E-state index contributed by atoms with van der Waals surface area (Å²) >= 11 is 0. The lowest BCUT2D eigenvalue weighted by atomic mass is 9.97. The Labute approximate surface area is 213 Å². The monoisotopic (exact) mass is 509 g/mol. The van der Waals surface area contributed by atoms with Crippen molar-refractivity contribution in [2.75, 3.05) is 20.1 Å². The predicted octanol–water partition coefficient (Wildman–Crippen LogP) is 2.07. The molecule has 0 radical (unpaired) electrons. The predicted molar refractivity (Wildman–Crippen MR) is 134 cm³/mol. The van der Waals surface area contributed by atoms with Gasteiger partial charge in [-0.1, -0.05) is 0 Å². The highest BCUT2D eigenvalue weighted by Crippen LogP contribution is 2.29. The minimum atomic E-state index is -2.51. The number of halogens is 2. The van der Waals surface area contributed by atoms with Gasteiger partial charge in [0.1, 0.15) is 18.4 Å². The molecule has 0 aromatic carbocycles. The van der Waals surface area contributed by atoms with Crippen LogP contribution in [0.25, 0.3) is 17.0 Å². The first-order valence-electron chi connectivity index (χ1n) is 12.0. The van der Waals surface area contributed by atoms with Gasteiger partial charge in [0.25, 0.3) is 6.43 Å². The van der Waals surface area contributed by atoms with Crippen LogP contribution < -0.4 is 21.5 Å². The number of nitrogens with zero attached hydrogens (tertiary/aromatic N) is 6. The topological polar surface area (TPSA) is 133 Å². The van der Waals surface area contributed by atoms with Gasteiger partial charge in [0, 0.05) is 43.0 Å². The minimum absolute atomic E-state index is 0.193. The van der Waals surface area contributed by atoms with E-state index in [0.717, 1.165) is 36.4 Å². The number of hydrogen-bond donors (Lipinski definition) is 3. The summed E-state index contributed by atoms with van der Waals surface area (Å²) in [6, 6.07) is 5.42. The number of alkyl halides is 2. The molecule has 5 heterocycles. The molecule has 0 saturated carbocycles. The first-order valence-corrected chi connectivity index (χ1v) is 12.0. The van der Waals surface area contributed by atoms with E-state index in [0.29, 0.717) is 34.0 Å². The van der Waals surface area contributed by atoms with Gasteiger partial charge in [-0.05, 0) is 44.2 Å². The number of ether oxygens (including phenoxy) is 1. The summed E-state index contributed by atoms with van der Waals surface area (Å²) in [4.78, 5) is 15.6. The summed E-state index contributed by atoms with van der Waals surface area (Å²) in [7, 11) is 2.12. The van der Waals surface area contributed by atoms with Crippen molar-refractivity contribution in [3.63, 3.8) is 0 Å². The fourth-order valence-corrected chi connectivity index (χ4v) is 4.36. The number of nitrogens with one attached hydrogen (secondary N) is 1. The maximum absolute atomic E-state index is 12.7. The maximum Gasteiger partial charge on any atom is 0.257 e. The van der Waals surface area contributed by atoms with Crippen molar-refractivity contribution in [2.24, 2.45) is 11.5 Å². The molecule has 12 heteroatoms. The van der Waals surface area contributed by atoms with Gasteiger partial charge in [0.2, 0.25) is 0 Å². The van der Waals surface area contributed by atoms with Gasteiger partial charge in [-0.25, -0.2) is 18.7 Å². The van der Waals surface area contributed by atoms with Crippen molar-refractivity contribution in [3.05, 3.63) is 72.3 Å². The van der Waals surface area contributed by atoms with Crippen LogP contribution in [-0.4, -0.2) is 62.3 Å². The van der Waals surface area contributed by atoms with Crippen LogP contribution in [0.3, 0.4) is 0 Å². The maximum atomic E-state index is 12.7. The summed E-state index contributed by atoms with van der Waals surface area (Å²) in [6.07, 6.45) is 9.20. The molecule has 1 unspecified atom stereocenters. The highest BCUT2D eigenvalue weighted by Gasteiger charge is 2.31. The molecule has 3 aromatic rings. The zero-order valence-corrected chi connectivity index (χ0v) is 20.4. The van der Waals surface area contributed by atoms with Crippen molar-refractivity contribution in [3.8, 4) is 17.1 Å². The molecule has 0 aliphatic carbocycles.